The average molecular weight is 199 g/mol. The maximum absolute atomic E-state index is 12.2. The van der Waals surface area contributed by atoms with Crippen molar-refractivity contribution in [1.29, 1.82) is 0 Å². The van der Waals surface area contributed by atoms with Gasteiger partial charge in [0.15, 0.2) is 0 Å². The lowest BCUT2D eigenvalue weighted by molar-refractivity contribution is -0.141. The molecule has 0 saturated carbocycles. The van der Waals surface area contributed by atoms with Gasteiger partial charge in [0.1, 0.15) is 6.17 Å². The van der Waals surface area contributed by atoms with E-state index in [4.69, 9.17) is 0 Å². The Kier molecular flexibility index (Phi) is 4.67. The van der Waals surface area contributed by atoms with Crippen LogP contribution in [-0.4, -0.2) is 24.6 Å². The van der Waals surface area contributed by atoms with Crippen molar-refractivity contribution in [2.24, 2.45) is 0 Å². The van der Waals surface area contributed by atoms with Gasteiger partial charge in [-0.25, -0.2) is 4.39 Å². The lowest BCUT2D eigenvalue weighted by Crippen LogP contribution is -2.11. The van der Waals surface area contributed by atoms with E-state index in [1.54, 1.807) is 0 Å². The van der Waals surface area contributed by atoms with Gasteiger partial charge in [0.25, 0.3) is 0 Å². The zero-order valence-electron chi connectivity index (χ0n) is 5.06. The molecule has 0 aromatic carbocycles. The van der Waals surface area contributed by atoms with Crippen molar-refractivity contribution in [3.8, 4) is 0 Å². The summed E-state index contributed by atoms with van der Waals surface area (Å²) in [5.41, 5.74) is 0. The second-order valence-electron chi connectivity index (χ2n) is 1.53. The molecule has 0 rings (SSSR count). The summed E-state index contributed by atoms with van der Waals surface area (Å²) in [4.78, 5) is 10.3. The van der Waals surface area contributed by atoms with Crippen LogP contribution < -0.4 is 0 Å². The molecule has 0 amide bonds. The molecule has 0 heterocycles. The number of carbonyl (C=O) groups excluding carboxylic acids is 1. The van der Waals surface area contributed by atoms with E-state index in [2.05, 4.69) is 20.7 Å². The molecule has 0 aromatic heterocycles. The van der Waals surface area contributed by atoms with E-state index in [0.29, 0.717) is 0 Å². The number of ether oxygens (including phenoxy) is 1. The SMILES string of the molecule is COC(=O)CC(F)CBr. The quantitative estimate of drug-likeness (QED) is 0.505. The van der Waals surface area contributed by atoms with Crippen LogP contribution in [0, 0.1) is 0 Å². The Morgan fingerprint density at radius 2 is 2.44 bits per heavy atom. The summed E-state index contributed by atoms with van der Waals surface area (Å²) >= 11 is 2.89. The molecule has 0 fully saturated rings. The summed E-state index contributed by atoms with van der Waals surface area (Å²) in [6.45, 7) is 0. The van der Waals surface area contributed by atoms with Gasteiger partial charge in [-0.3, -0.25) is 4.79 Å². The largest absolute Gasteiger partial charge is 0.469 e. The van der Waals surface area contributed by atoms with Crippen molar-refractivity contribution in [1.82, 2.24) is 0 Å². The fraction of sp³-hybridized carbons (Fsp3) is 0.800. The second kappa shape index (κ2) is 4.73. The molecule has 1 atom stereocenters. The van der Waals surface area contributed by atoms with E-state index in [1.165, 1.54) is 7.11 Å². The molecule has 2 nitrogen and oxygen atoms in total. The van der Waals surface area contributed by atoms with Gasteiger partial charge in [0.05, 0.1) is 13.5 Å². The van der Waals surface area contributed by atoms with Crippen LogP contribution in [0.15, 0.2) is 0 Å². The first-order chi connectivity index (χ1) is 4.20. The van der Waals surface area contributed by atoms with Crippen LogP contribution in [0.2, 0.25) is 0 Å². The topological polar surface area (TPSA) is 26.3 Å². The van der Waals surface area contributed by atoms with E-state index in [9.17, 15) is 9.18 Å². The molecule has 0 radical (unpaired) electrons. The Morgan fingerprint density at radius 1 is 1.89 bits per heavy atom. The molecule has 4 heteroatoms. The van der Waals surface area contributed by atoms with Gasteiger partial charge in [0, 0.05) is 5.33 Å². The van der Waals surface area contributed by atoms with Crippen molar-refractivity contribution in [2.75, 3.05) is 12.4 Å². The van der Waals surface area contributed by atoms with E-state index >= 15 is 0 Å². The number of esters is 1. The van der Waals surface area contributed by atoms with Crippen LogP contribution in [0.1, 0.15) is 6.42 Å². The minimum Gasteiger partial charge on any atom is -0.469 e. The van der Waals surface area contributed by atoms with Crippen LogP contribution in [0.25, 0.3) is 0 Å². The Labute approximate surface area is 61.5 Å². The zero-order chi connectivity index (χ0) is 7.28. The first-order valence-corrected chi connectivity index (χ1v) is 3.59. The van der Waals surface area contributed by atoms with Gasteiger partial charge in [-0.2, -0.15) is 0 Å². The molecule has 0 aliphatic carbocycles. The molecule has 0 saturated heterocycles. The van der Waals surface area contributed by atoms with Crippen molar-refractivity contribution in [3.63, 3.8) is 0 Å². The van der Waals surface area contributed by atoms with Crippen LogP contribution in [0.4, 0.5) is 4.39 Å². The maximum atomic E-state index is 12.2. The summed E-state index contributed by atoms with van der Waals surface area (Å²) in [5, 5.41) is 0.183. The van der Waals surface area contributed by atoms with Gasteiger partial charge in [-0.1, -0.05) is 15.9 Å². The van der Waals surface area contributed by atoms with Crippen molar-refractivity contribution in [3.05, 3.63) is 0 Å². The van der Waals surface area contributed by atoms with Crippen LogP contribution >= 0.6 is 15.9 Å². The molecule has 0 aromatic rings. The Hall–Kier alpha value is -0.120. The normalized spacial score (nSPS) is 12.8. The predicted molar refractivity (Wildman–Crippen MR) is 35.3 cm³/mol. The van der Waals surface area contributed by atoms with E-state index < -0.39 is 12.1 Å². The summed E-state index contributed by atoms with van der Waals surface area (Å²) in [7, 11) is 1.24. The minimum absolute atomic E-state index is 0.165. The first-order valence-electron chi connectivity index (χ1n) is 2.47. The highest BCUT2D eigenvalue weighted by Crippen LogP contribution is 2.02. The van der Waals surface area contributed by atoms with E-state index in [0.717, 1.165) is 0 Å². The highest BCUT2D eigenvalue weighted by molar-refractivity contribution is 9.09. The highest BCUT2D eigenvalue weighted by Gasteiger charge is 2.09. The number of rotatable bonds is 3. The number of hydrogen-bond donors (Lipinski definition) is 0. The molecule has 1 unspecified atom stereocenters. The average Bonchev–Trinajstić information content (AvgIpc) is 1.87. The van der Waals surface area contributed by atoms with Gasteiger partial charge >= 0.3 is 5.97 Å². The molecule has 54 valence electrons. The van der Waals surface area contributed by atoms with Crippen molar-refractivity contribution >= 4 is 21.9 Å². The molecule has 0 spiro atoms. The molecule has 0 N–H and O–H groups in total. The Bertz CT molecular complexity index is 97.0. The third-order valence-electron chi connectivity index (χ3n) is 0.783. The van der Waals surface area contributed by atoms with Crippen LogP contribution in [-0.2, 0) is 9.53 Å². The number of methoxy groups -OCH3 is 1. The van der Waals surface area contributed by atoms with Gasteiger partial charge in [-0.05, 0) is 0 Å². The third-order valence-corrected chi connectivity index (χ3v) is 1.49. The maximum Gasteiger partial charge on any atom is 0.308 e. The third kappa shape index (κ3) is 4.39. The van der Waals surface area contributed by atoms with Gasteiger partial charge < -0.3 is 4.74 Å². The summed E-state index contributed by atoms with van der Waals surface area (Å²) in [6.07, 6.45) is -1.29. The van der Waals surface area contributed by atoms with E-state index in [1.807, 2.05) is 0 Å². The van der Waals surface area contributed by atoms with E-state index in [-0.39, 0.29) is 11.8 Å². The van der Waals surface area contributed by atoms with Crippen molar-refractivity contribution in [2.45, 2.75) is 12.6 Å². The zero-order valence-corrected chi connectivity index (χ0v) is 6.65. The molecular weight excluding hydrogens is 191 g/mol. The van der Waals surface area contributed by atoms with Crippen molar-refractivity contribution < 1.29 is 13.9 Å². The molecule has 0 bridgehead atoms. The monoisotopic (exact) mass is 198 g/mol. The molecule has 0 aliphatic heterocycles. The van der Waals surface area contributed by atoms with Crippen LogP contribution in [0.5, 0.6) is 0 Å². The number of hydrogen-bond acceptors (Lipinski definition) is 2. The summed E-state index contributed by atoms with van der Waals surface area (Å²) < 4.78 is 16.4. The molecule has 9 heavy (non-hydrogen) atoms. The Balaban J connectivity index is 3.34. The fourth-order valence-electron chi connectivity index (χ4n) is 0.319. The summed E-state index contributed by atoms with van der Waals surface area (Å²) in [5.74, 6) is -0.512. The van der Waals surface area contributed by atoms with Crippen LogP contribution in [0.3, 0.4) is 0 Å². The number of carbonyl (C=O) groups is 1. The lowest BCUT2D eigenvalue weighted by atomic mass is 10.3. The van der Waals surface area contributed by atoms with Gasteiger partial charge in [0.2, 0.25) is 0 Å². The summed E-state index contributed by atoms with van der Waals surface area (Å²) in [6, 6.07) is 0. The Morgan fingerprint density at radius 3 is 2.78 bits per heavy atom. The number of alkyl halides is 2. The second-order valence-corrected chi connectivity index (χ2v) is 2.18. The fourth-order valence-corrected chi connectivity index (χ4v) is 0.548. The first kappa shape index (κ1) is 8.88. The molecular formula is C5H8BrFO2. The lowest BCUT2D eigenvalue weighted by Gasteiger charge is -2.00. The van der Waals surface area contributed by atoms with Gasteiger partial charge in [-0.15, -0.1) is 0 Å². The standard InChI is InChI=1S/C5H8BrFO2/c1-9-5(8)2-4(7)3-6/h4H,2-3H2,1H3. The molecule has 0 aliphatic rings. The smallest absolute Gasteiger partial charge is 0.308 e. The minimum atomic E-state index is -1.13. The highest BCUT2D eigenvalue weighted by atomic mass is 79.9. The number of halogens is 2. The predicted octanol–water partition coefficient (Wildman–Crippen LogP) is 1.28.